The molecule has 1 unspecified atom stereocenters. The molecule has 2 rings (SSSR count). The first-order valence-corrected chi connectivity index (χ1v) is 6.55. The number of hydrogen-bond acceptors (Lipinski definition) is 4. The summed E-state index contributed by atoms with van der Waals surface area (Å²) < 4.78 is 1.92. The molecule has 0 aromatic carbocycles. The average Bonchev–Trinajstić information content (AvgIpc) is 2.84. The van der Waals surface area contributed by atoms with Crippen molar-refractivity contribution in [1.82, 2.24) is 20.2 Å². The summed E-state index contributed by atoms with van der Waals surface area (Å²) in [5.41, 5.74) is 7.23. The van der Waals surface area contributed by atoms with Gasteiger partial charge in [-0.1, -0.05) is 6.07 Å². The van der Waals surface area contributed by atoms with E-state index in [9.17, 15) is 0 Å². The highest BCUT2D eigenvalue weighted by Gasteiger charge is 2.14. The Kier molecular flexibility index (Phi) is 4.29. The molecule has 2 aromatic rings. The molecule has 0 aliphatic rings. The van der Waals surface area contributed by atoms with Crippen LogP contribution >= 0.6 is 0 Å². The molecule has 3 N–H and O–H groups in total. The van der Waals surface area contributed by atoms with Gasteiger partial charge >= 0.3 is 0 Å². The van der Waals surface area contributed by atoms with Crippen LogP contribution in [0.5, 0.6) is 0 Å². The van der Waals surface area contributed by atoms with E-state index in [1.54, 1.807) is 0 Å². The quantitative estimate of drug-likeness (QED) is 0.633. The van der Waals surface area contributed by atoms with Crippen molar-refractivity contribution in [3.05, 3.63) is 47.0 Å². The smallest absolute Gasteiger partial charge is 0.0522 e. The van der Waals surface area contributed by atoms with Gasteiger partial charge in [0.1, 0.15) is 0 Å². The Morgan fingerprint density at radius 3 is 2.74 bits per heavy atom. The minimum absolute atomic E-state index is 0.0580. The lowest BCUT2D eigenvalue weighted by atomic mass is 10.00. The Morgan fingerprint density at radius 1 is 1.37 bits per heavy atom. The molecule has 0 spiro atoms. The highest BCUT2D eigenvalue weighted by Crippen LogP contribution is 2.20. The van der Waals surface area contributed by atoms with Crippen LogP contribution in [0.15, 0.2) is 24.5 Å². The van der Waals surface area contributed by atoms with Gasteiger partial charge in [-0.3, -0.25) is 20.9 Å². The first-order chi connectivity index (χ1) is 9.13. The topological polar surface area (TPSA) is 68.8 Å². The number of aryl methyl sites for hydroxylation is 3. The number of pyridine rings is 1. The Bertz CT molecular complexity index is 547. The van der Waals surface area contributed by atoms with E-state index < -0.39 is 0 Å². The summed E-state index contributed by atoms with van der Waals surface area (Å²) in [6, 6.07) is 4.16. The van der Waals surface area contributed by atoms with E-state index in [-0.39, 0.29) is 6.04 Å². The van der Waals surface area contributed by atoms with Crippen molar-refractivity contribution in [2.75, 3.05) is 0 Å². The molecule has 1 atom stereocenters. The number of nitrogens with two attached hydrogens (primary N) is 1. The zero-order valence-electron chi connectivity index (χ0n) is 11.7. The van der Waals surface area contributed by atoms with Gasteiger partial charge in [-0.25, -0.2) is 0 Å². The van der Waals surface area contributed by atoms with Gasteiger partial charge in [0.25, 0.3) is 0 Å². The minimum atomic E-state index is 0.0580. The van der Waals surface area contributed by atoms with Gasteiger partial charge in [-0.15, -0.1) is 0 Å². The van der Waals surface area contributed by atoms with Crippen LogP contribution in [0.3, 0.4) is 0 Å². The highest BCUT2D eigenvalue weighted by molar-refractivity contribution is 5.26. The average molecular weight is 259 g/mol. The zero-order chi connectivity index (χ0) is 13.8. The third-order valence-electron chi connectivity index (χ3n) is 3.29. The second-order valence-electron chi connectivity index (χ2n) is 4.75. The number of rotatable bonds is 5. The predicted octanol–water partition coefficient (Wildman–Crippen LogP) is 1.66. The molecule has 0 saturated heterocycles. The van der Waals surface area contributed by atoms with Crippen molar-refractivity contribution in [3.8, 4) is 0 Å². The van der Waals surface area contributed by atoms with E-state index in [2.05, 4.69) is 34.7 Å². The summed E-state index contributed by atoms with van der Waals surface area (Å²) in [6.45, 7) is 6.96. The number of hydrazine groups is 1. The fourth-order valence-corrected chi connectivity index (χ4v) is 2.24. The summed E-state index contributed by atoms with van der Waals surface area (Å²) >= 11 is 0. The lowest BCUT2D eigenvalue weighted by molar-refractivity contribution is 0.546. The summed E-state index contributed by atoms with van der Waals surface area (Å²) in [5.74, 6) is 5.69. The van der Waals surface area contributed by atoms with Crippen LogP contribution in [0.2, 0.25) is 0 Å². The number of nitrogens with zero attached hydrogens (tertiary/aromatic N) is 3. The fourth-order valence-electron chi connectivity index (χ4n) is 2.24. The molecule has 5 heteroatoms. The third-order valence-corrected chi connectivity index (χ3v) is 3.29. The van der Waals surface area contributed by atoms with Gasteiger partial charge in [0.2, 0.25) is 0 Å². The molecule has 2 aromatic heterocycles. The largest absolute Gasteiger partial charge is 0.273 e. The van der Waals surface area contributed by atoms with Gasteiger partial charge in [-0.05, 0) is 44.4 Å². The molecule has 19 heavy (non-hydrogen) atoms. The summed E-state index contributed by atoms with van der Waals surface area (Å²) in [7, 11) is 0. The lowest BCUT2D eigenvalue weighted by Gasteiger charge is -2.17. The maximum atomic E-state index is 5.69. The van der Waals surface area contributed by atoms with Gasteiger partial charge < -0.3 is 0 Å². The minimum Gasteiger partial charge on any atom is -0.273 e. The van der Waals surface area contributed by atoms with Gasteiger partial charge in [0.05, 0.1) is 12.2 Å². The Balaban J connectivity index is 2.19. The first-order valence-electron chi connectivity index (χ1n) is 6.55. The van der Waals surface area contributed by atoms with E-state index in [0.717, 1.165) is 29.9 Å². The monoisotopic (exact) mass is 259 g/mol. The second-order valence-corrected chi connectivity index (χ2v) is 4.75. The second kappa shape index (κ2) is 5.95. The standard InChI is InChI=1S/C14H21N5/c1-4-19-9-12(8-16-19)7-14(18-15)13-6-5-10(2)17-11(13)3/h5-6,8-9,14,18H,4,7,15H2,1-3H3. The van der Waals surface area contributed by atoms with Gasteiger partial charge in [0.15, 0.2) is 0 Å². The molecule has 0 fully saturated rings. The van der Waals surface area contributed by atoms with E-state index in [1.165, 1.54) is 5.56 Å². The van der Waals surface area contributed by atoms with Crippen molar-refractivity contribution in [3.63, 3.8) is 0 Å². The Morgan fingerprint density at radius 2 is 2.16 bits per heavy atom. The molecule has 0 aliphatic heterocycles. The number of aromatic nitrogens is 3. The van der Waals surface area contributed by atoms with Crippen molar-refractivity contribution in [1.29, 1.82) is 0 Å². The molecule has 2 heterocycles. The van der Waals surface area contributed by atoms with Crippen LogP contribution in [0.4, 0.5) is 0 Å². The summed E-state index contributed by atoms with van der Waals surface area (Å²) in [6.07, 6.45) is 4.76. The molecule has 0 amide bonds. The molecular formula is C14H21N5. The van der Waals surface area contributed by atoms with Crippen LogP contribution in [0.25, 0.3) is 0 Å². The number of hydrogen-bond donors (Lipinski definition) is 2. The van der Waals surface area contributed by atoms with Gasteiger partial charge in [0, 0.05) is 24.1 Å². The first kappa shape index (κ1) is 13.7. The summed E-state index contributed by atoms with van der Waals surface area (Å²) in [4.78, 5) is 4.49. The molecule has 0 bridgehead atoms. The van der Waals surface area contributed by atoms with Gasteiger partial charge in [-0.2, -0.15) is 5.10 Å². The SMILES string of the molecule is CCn1cc(CC(NN)c2ccc(C)nc2C)cn1. The normalized spacial score (nSPS) is 12.6. The lowest BCUT2D eigenvalue weighted by Crippen LogP contribution is -2.30. The third kappa shape index (κ3) is 3.19. The molecule has 0 aliphatic carbocycles. The van der Waals surface area contributed by atoms with Crippen LogP contribution in [-0.2, 0) is 13.0 Å². The van der Waals surface area contributed by atoms with E-state index in [1.807, 2.05) is 30.8 Å². The van der Waals surface area contributed by atoms with Crippen molar-refractivity contribution in [2.45, 2.75) is 39.8 Å². The van der Waals surface area contributed by atoms with E-state index in [0.29, 0.717) is 0 Å². The van der Waals surface area contributed by atoms with E-state index >= 15 is 0 Å². The Labute approximate surface area is 113 Å². The van der Waals surface area contributed by atoms with Crippen molar-refractivity contribution < 1.29 is 0 Å². The maximum absolute atomic E-state index is 5.69. The molecule has 5 nitrogen and oxygen atoms in total. The fraction of sp³-hybridized carbons (Fsp3) is 0.429. The zero-order valence-corrected chi connectivity index (χ0v) is 11.7. The molecule has 0 radical (unpaired) electrons. The van der Waals surface area contributed by atoms with Crippen molar-refractivity contribution >= 4 is 0 Å². The number of nitrogens with one attached hydrogen (secondary N) is 1. The van der Waals surface area contributed by atoms with Crippen molar-refractivity contribution in [2.24, 2.45) is 5.84 Å². The van der Waals surface area contributed by atoms with Crippen LogP contribution < -0.4 is 11.3 Å². The highest BCUT2D eigenvalue weighted by atomic mass is 15.3. The van der Waals surface area contributed by atoms with Crippen LogP contribution in [0, 0.1) is 13.8 Å². The molecule has 0 saturated carbocycles. The molecular weight excluding hydrogens is 238 g/mol. The maximum Gasteiger partial charge on any atom is 0.0522 e. The van der Waals surface area contributed by atoms with E-state index in [4.69, 9.17) is 5.84 Å². The van der Waals surface area contributed by atoms with Crippen LogP contribution in [0.1, 0.15) is 35.5 Å². The predicted molar refractivity (Wildman–Crippen MR) is 75.4 cm³/mol. The molecule has 102 valence electrons. The van der Waals surface area contributed by atoms with Crippen LogP contribution in [-0.4, -0.2) is 14.8 Å². The summed E-state index contributed by atoms with van der Waals surface area (Å²) in [5, 5.41) is 4.28. The Hall–Kier alpha value is -1.72.